The molecule has 1 aliphatic carbocycles. The van der Waals surface area contributed by atoms with E-state index in [2.05, 4.69) is 17.2 Å². The average molecular weight is 285 g/mol. The van der Waals surface area contributed by atoms with Crippen LogP contribution in [0.15, 0.2) is 24.3 Å². The second-order valence-electron chi connectivity index (χ2n) is 5.57. The fraction of sp³-hybridized carbons (Fsp3) is 0.500. The molecule has 0 saturated heterocycles. The molecule has 3 nitrogen and oxygen atoms in total. The largest absolute Gasteiger partial charge is 0.384 e. The number of benzene rings is 1. The third-order valence-corrected chi connectivity index (χ3v) is 3.94. The molecule has 1 aliphatic rings. The molecular weight excluding hydrogens is 262 g/mol. The second kappa shape index (κ2) is 8.49. The lowest BCUT2D eigenvalue weighted by molar-refractivity contribution is -0.120. The molecule has 1 fully saturated rings. The normalized spacial score (nSPS) is 16.2. The maximum absolute atomic E-state index is 12.3. The maximum atomic E-state index is 12.3. The minimum atomic E-state index is -0.139. The van der Waals surface area contributed by atoms with Crippen LogP contribution in [0.5, 0.6) is 0 Å². The van der Waals surface area contributed by atoms with Crippen LogP contribution >= 0.6 is 0 Å². The summed E-state index contributed by atoms with van der Waals surface area (Å²) < 4.78 is 0. The van der Waals surface area contributed by atoms with Crippen molar-refractivity contribution in [1.82, 2.24) is 0 Å². The predicted octanol–water partition coefficient (Wildman–Crippen LogP) is 3.33. The van der Waals surface area contributed by atoms with Crippen LogP contribution in [-0.4, -0.2) is 17.6 Å². The number of aliphatic hydroxyl groups is 1. The van der Waals surface area contributed by atoms with E-state index in [-0.39, 0.29) is 18.4 Å². The molecule has 0 aliphatic heterocycles. The first-order valence-electron chi connectivity index (χ1n) is 7.80. The number of hydrogen-bond acceptors (Lipinski definition) is 2. The van der Waals surface area contributed by atoms with Crippen molar-refractivity contribution < 1.29 is 9.90 Å². The van der Waals surface area contributed by atoms with Gasteiger partial charge in [-0.3, -0.25) is 4.79 Å². The summed E-state index contributed by atoms with van der Waals surface area (Å²) in [5, 5.41) is 11.7. The topological polar surface area (TPSA) is 49.3 Å². The number of rotatable bonds is 2. The van der Waals surface area contributed by atoms with Gasteiger partial charge in [-0.2, -0.15) is 0 Å². The Labute approximate surface area is 126 Å². The Morgan fingerprint density at radius 3 is 2.33 bits per heavy atom. The number of hydrogen-bond donors (Lipinski definition) is 2. The SMILES string of the molecule is O=C(Nc1ccc(C#CCO)cc1)C1CCCCCCC1. The van der Waals surface area contributed by atoms with Crippen molar-refractivity contribution >= 4 is 11.6 Å². The summed E-state index contributed by atoms with van der Waals surface area (Å²) in [5.41, 5.74) is 1.66. The van der Waals surface area contributed by atoms with Gasteiger partial charge in [0.15, 0.2) is 0 Å². The molecule has 21 heavy (non-hydrogen) atoms. The average Bonchev–Trinajstić information content (AvgIpc) is 2.46. The monoisotopic (exact) mass is 285 g/mol. The highest BCUT2D eigenvalue weighted by Gasteiger charge is 2.19. The van der Waals surface area contributed by atoms with Gasteiger partial charge < -0.3 is 10.4 Å². The number of aliphatic hydroxyl groups excluding tert-OH is 1. The van der Waals surface area contributed by atoms with Crippen molar-refractivity contribution in [2.75, 3.05) is 11.9 Å². The van der Waals surface area contributed by atoms with E-state index >= 15 is 0 Å². The molecule has 1 aromatic rings. The van der Waals surface area contributed by atoms with Crippen molar-refractivity contribution in [2.45, 2.75) is 44.9 Å². The van der Waals surface area contributed by atoms with Crippen molar-refractivity contribution in [2.24, 2.45) is 5.92 Å². The van der Waals surface area contributed by atoms with E-state index in [0.717, 1.165) is 36.9 Å². The van der Waals surface area contributed by atoms with Gasteiger partial charge in [0, 0.05) is 17.2 Å². The molecule has 1 saturated carbocycles. The van der Waals surface area contributed by atoms with E-state index in [1.165, 1.54) is 19.3 Å². The number of amides is 1. The fourth-order valence-electron chi connectivity index (χ4n) is 2.74. The quantitative estimate of drug-likeness (QED) is 0.819. The molecule has 2 rings (SSSR count). The molecule has 0 bridgehead atoms. The standard InChI is InChI=1S/C18H23NO2/c20-14-6-7-15-10-12-17(13-11-15)19-18(21)16-8-4-2-1-3-5-9-16/h10-13,16,20H,1-5,8-9,14H2,(H,19,21). The van der Waals surface area contributed by atoms with Crippen LogP contribution in [-0.2, 0) is 4.79 Å². The van der Waals surface area contributed by atoms with Crippen LogP contribution in [0, 0.1) is 17.8 Å². The summed E-state index contributed by atoms with van der Waals surface area (Å²) in [6, 6.07) is 7.44. The van der Waals surface area contributed by atoms with Gasteiger partial charge in [-0.05, 0) is 37.1 Å². The van der Waals surface area contributed by atoms with Gasteiger partial charge in [0.1, 0.15) is 6.61 Å². The first kappa shape index (κ1) is 15.6. The fourth-order valence-corrected chi connectivity index (χ4v) is 2.74. The van der Waals surface area contributed by atoms with E-state index in [1.807, 2.05) is 24.3 Å². The highest BCUT2D eigenvalue weighted by Crippen LogP contribution is 2.23. The number of anilines is 1. The highest BCUT2D eigenvalue weighted by molar-refractivity contribution is 5.92. The van der Waals surface area contributed by atoms with Gasteiger partial charge in [0.2, 0.25) is 5.91 Å². The number of carbonyl (C=O) groups excluding carboxylic acids is 1. The molecule has 3 heteroatoms. The summed E-state index contributed by atoms with van der Waals surface area (Å²) in [7, 11) is 0. The molecular formula is C18H23NO2. The third kappa shape index (κ3) is 5.24. The van der Waals surface area contributed by atoms with Crippen molar-refractivity contribution in [3.8, 4) is 11.8 Å². The first-order chi connectivity index (χ1) is 10.3. The zero-order chi connectivity index (χ0) is 14.9. The van der Waals surface area contributed by atoms with Gasteiger partial charge in [0.05, 0.1) is 0 Å². The Balaban J connectivity index is 1.91. The summed E-state index contributed by atoms with van der Waals surface area (Å²) in [6.07, 6.45) is 8.15. The third-order valence-electron chi connectivity index (χ3n) is 3.94. The summed E-state index contributed by atoms with van der Waals surface area (Å²) in [4.78, 5) is 12.3. The minimum Gasteiger partial charge on any atom is -0.384 e. The molecule has 0 radical (unpaired) electrons. The molecule has 1 amide bonds. The Morgan fingerprint density at radius 1 is 1.10 bits per heavy atom. The van der Waals surface area contributed by atoms with Gasteiger partial charge in [-0.25, -0.2) is 0 Å². The Kier molecular flexibility index (Phi) is 6.30. The lowest BCUT2D eigenvalue weighted by Crippen LogP contribution is -2.23. The summed E-state index contributed by atoms with van der Waals surface area (Å²) in [6.45, 7) is -0.139. The van der Waals surface area contributed by atoms with Crippen LogP contribution < -0.4 is 5.32 Å². The van der Waals surface area contributed by atoms with E-state index in [4.69, 9.17) is 5.11 Å². The predicted molar refractivity (Wildman–Crippen MR) is 84.8 cm³/mol. The summed E-state index contributed by atoms with van der Waals surface area (Å²) in [5.74, 6) is 5.74. The van der Waals surface area contributed by atoms with E-state index in [9.17, 15) is 4.79 Å². The van der Waals surface area contributed by atoms with Crippen LogP contribution in [0.3, 0.4) is 0 Å². The second-order valence-corrected chi connectivity index (χ2v) is 5.57. The molecule has 1 aromatic carbocycles. The Bertz CT molecular complexity index is 502. The van der Waals surface area contributed by atoms with E-state index in [0.29, 0.717) is 0 Å². The lowest BCUT2D eigenvalue weighted by Gasteiger charge is -2.19. The van der Waals surface area contributed by atoms with Crippen LogP contribution in [0.2, 0.25) is 0 Å². The maximum Gasteiger partial charge on any atom is 0.227 e. The smallest absolute Gasteiger partial charge is 0.227 e. The van der Waals surface area contributed by atoms with E-state index in [1.54, 1.807) is 0 Å². The van der Waals surface area contributed by atoms with Crippen LogP contribution in [0.1, 0.15) is 50.5 Å². The first-order valence-corrected chi connectivity index (χ1v) is 7.80. The van der Waals surface area contributed by atoms with Gasteiger partial charge >= 0.3 is 0 Å². The van der Waals surface area contributed by atoms with Gasteiger partial charge in [-0.15, -0.1) is 0 Å². The van der Waals surface area contributed by atoms with Crippen LogP contribution in [0.25, 0.3) is 0 Å². The van der Waals surface area contributed by atoms with Crippen molar-refractivity contribution in [1.29, 1.82) is 0 Å². The Morgan fingerprint density at radius 2 is 1.71 bits per heavy atom. The molecule has 112 valence electrons. The Hall–Kier alpha value is -1.79. The molecule has 0 atom stereocenters. The molecule has 0 heterocycles. The molecule has 0 unspecified atom stereocenters. The number of carbonyl (C=O) groups is 1. The molecule has 0 spiro atoms. The highest BCUT2D eigenvalue weighted by atomic mass is 16.2. The molecule has 0 aromatic heterocycles. The minimum absolute atomic E-state index is 0.139. The van der Waals surface area contributed by atoms with Crippen molar-refractivity contribution in [3.63, 3.8) is 0 Å². The zero-order valence-electron chi connectivity index (χ0n) is 12.4. The number of nitrogens with one attached hydrogen (secondary N) is 1. The van der Waals surface area contributed by atoms with Crippen molar-refractivity contribution in [3.05, 3.63) is 29.8 Å². The van der Waals surface area contributed by atoms with Gasteiger partial charge in [-0.1, -0.05) is 43.9 Å². The lowest BCUT2D eigenvalue weighted by atomic mass is 9.90. The zero-order valence-corrected chi connectivity index (χ0v) is 12.4. The van der Waals surface area contributed by atoms with Crippen LogP contribution in [0.4, 0.5) is 5.69 Å². The molecule has 2 N–H and O–H groups in total. The van der Waals surface area contributed by atoms with E-state index < -0.39 is 0 Å². The summed E-state index contributed by atoms with van der Waals surface area (Å²) >= 11 is 0. The van der Waals surface area contributed by atoms with Gasteiger partial charge in [0.25, 0.3) is 0 Å².